The van der Waals surface area contributed by atoms with Gasteiger partial charge in [0, 0.05) is 25.1 Å². The van der Waals surface area contributed by atoms with Gasteiger partial charge in [0.05, 0.1) is 43.2 Å². The molecule has 0 unspecified atom stereocenters. The van der Waals surface area contributed by atoms with Crippen LogP contribution in [0.4, 0.5) is 5.82 Å². The molecule has 5 rings (SSSR count). The molecule has 10 nitrogen and oxygen atoms in total. The van der Waals surface area contributed by atoms with Crippen LogP contribution in [0.25, 0.3) is 28.1 Å². The van der Waals surface area contributed by atoms with Crippen LogP contribution in [0.5, 0.6) is 5.88 Å². The molecule has 0 aromatic carbocycles. The van der Waals surface area contributed by atoms with Gasteiger partial charge in [0.2, 0.25) is 5.88 Å². The molecular formula is C22H25N5O5S. The topological polar surface area (TPSA) is 112 Å². The molecule has 5 heterocycles. The largest absolute Gasteiger partial charge is 0.477 e. The molecule has 1 aliphatic rings. The summed E-state index contributed by atoms with van der Waals surface area (Å²) in [4.78, 5) is 11.3. The van der Waals surface area contributed by atoms with Crippen LogP contribution in [0.2, 0.25) is 0 Å². The minimum atomic E-state index is -3.02. The minimum absolute atomic E-state index is 0.0721. The van der Waals surface area contributed by atoms with E-state index in [0.29, 0.717) is 42.6 Å². The number of aromatic nitrogens is 4. The molecule has 174 valence electrons. The Morgan fingerprint density at radius 1 is 1.24 bits per heavy atom. The smallest absolute Gasteiger partial charge is 0.231 e. The zero-order chi connectivity index (χ0) is 23.0. The van der Waals surface area contributed by atoms with Crippen molar-refractivity contribution in [3.8, 4) is 17.3 Å². The zero-order valence-electron chi connectivity index (χ0n) is 18.5. The van der Waals surface area contributed by atoms with Crippen LogP contribution in [0.15, 0.2) is 41.1 Å². The number of hydrogen-bond acceptors (Lipinski definition) is 9. The number of pyridine rings is 1. The van der Waals surface area contributed by atoms with Gasteiger partial charge in [-0.25, -0.2) is 22.9 Å². The molecule has 1 fully saturated rings. The summed E-state index contributed by atoms with van der Waals surface area (Å²) >= 11 is 0. The van der Waals surface area contributed by atoms with Gasteiger partial charge >= 0.3 is 0 Å². The number of fused-ring (bicyclic) bond motifs is 2. The average Bonchev–Trinajstić information content (AvgIpc) is 3.40. The van der Waals surface area contributed by atoms with E-state index in [-0.39, 0.29) is 18.4 Å². The lowest BCUT2D eigenvalue weighted by Crippen LogP contribution is -2.44. The van der Waals surface area contributed by atoms with Crippen molar-refractivity contribution < 1.29 is 22.3 Å². The number of morpholine rings is 1. The lowest BCUT2D eigenvalue weighted by Gasteiger charge is -2.34. The van der Waals surface area contributed by atoms with Gasteiger partial charge in [-0.3, -0.25) is 0 Å². The molecule has 0 amide bonds. The first-order valence-electron chi connectivity index (χ1n) is 10.8. The Morgan fingerprint density at radius 2 is 2.12 bits per heavy atom. The summed E-state index contributed by atoms with van der Waals surface area (Å²) in [6.07, 6.45) is 5.07. The second-order valence-corrected chi connectivity index (χ2v) is 10.5. The van der Waals surface area contributed by atoms with Gasteiger partial charge in [0.1, 0.15) is 26.9 Å². The van der Waals surface area contributed by atoms with E-state index >= 15 is 0 Å². The number of imidazole rings is 1. The van der Waals surface area contributed by atoms with Crippen LogP contribution in [0.1, 0.15) is 13.3 Å². The van der Waals surface area contributed by atoms with E-state index < -0.39 is 9.84 Å². The summed E-state index contributed by atoms with van der Waals surface area (Å²) in [5.74, 6) is 1.95. The van der Waals surface area contributed by atoms with E-state index in [1.165, 1.54) is 6.26 Å². The zero-order valence-corrected chi connectivity index (χ0v) is 19.3. The molecule has 1 aliphatic heterocycles. The molecule has 0 N–H and O–H groups in total. The maximum absolute atomic E-state index is 11.3. The van der Waals surface area contributed by atoms with Crippen LogP contribution < -0.4 is 9.64 Å². The Bertz CT molecular complexity index is 1400. The predicted molar refractivity (Wildman–Crippen MR) is 123 cm³/mol. The average molecular weight is 472 g/mol. The molecular weight excluding hydrogens is 446 g/mol. The van der Waals surface area contributed by atoms with Crippen molar-refractivity contribution >= 4 is 32.3 Å². The molecule has 0 bridgehead atoms. The highest BCUT2D eigenvalue weighted by Gasteiger charge is 2.24. The number of furan rings is 1. The third-order valence-electron chi connectivity index (χ3n) is 5.56. The van der Waals surface area contributed by atoms with Crippen LogP contribution in [0.3, 0.4) is 0 Å². The molecule has 4 aromatic rings. The summed E-state index contributed by atoms with van der Waals surface area (Å²) in [7, 11) is -3.02. The normalized spacial score (nSPS) is 17.2. The summed E-state index contributed by atoms with van der Waals surface area (Å²) in [5.41, 5.74) is 2.06. The van der Waals surface area contributed by atoms with E-state index in [2.05, 4.69) is 26.9 Å². The third kappa shape index (κ3) is 4.51. The highest BCUT2D eigenvalue weighted by Crippen LogP contribution is 2.34. The second-order valence-electron chi connectivity index (χ2n) is 8.19. The first kappa shape index (κ1) is 21.7. The quantitative estimate of drug-likeness (QED) is 0.375. The summed E-state index contributed by atoms with van der Waals surface area (Å²) < 4.78 is 41.6. The lowest BCUT2D eigenvalue weighted by molar-refractivity contribution is 0.0987. The molecule has 0 saturated carbocycles. The first-order chi connectivity index (χ1) is 15.9. The van der Waals surface area contributed by atoms with Crippen LogP contribution >= 0.6 is 0 Å². The summed E-state index contributed by atoms with van der Waals surface area (Å²) in [5, 5.41) is 5.44. The van der Waals surface area contributed by atoms with Gasteiger partial charge in [0.25, 0.3) is 0 Å². The van der Waals surface area contributed by atoms with Crippen LogP contribution in [-0.4, -0.2) is 72.4 Å². The molecule has 4 aromatic heterocycles. The van der Waals surface area contributed by atoms with Crippen molar-refractivity contribution in [3.63, 3.8) is 0 Å². The minimum Gasteiger partial charge on any atom is -0.477 e. The van der Waals surface area contributed by atoms with Gasteiger partial charge in [-0.1, -0.05) is 0 Å². The van der Waals surface area contributed by atoms with Crippen LogP contribution in [-0.2, 0) is 14.6 Å². The highest BCUT2D eigenvalue weighted by atomic mass is 32.2. The Labute approximate surface area is 191 Å². The Hall–Kier alpha value is -3.18. The number of rotatable bonds is 7. The van der Waals surface area contributed by atoms with E-state index in [9.17, 15) is 8.42 Å². The molecule has 0 aliphatic carbocycles. The number of ether oxygens (including phenoxy) is 2. The third-order valence-corrected chi connectivity index (χ3v) is 6.59. The molecule has 33 heavy (non-hydrogen) atoms. The van der Waals surface area contributed by atoms with Gasteiger partial charge in [-0.15, -0.1) is 5.10 Å². The van der Waals surface area contributed by atoms with Crippen molar-refractivity contribution in [2.75, 3.05) is 43.3 Å². The molecule has 11 heteroatoms. The molecule has 0 spiro atoms. The number of hydrogen-bond donors (Lipinski definition) is 0. The Balaban J connectivity index is 1.45. The molecule has 1 atom stereocenters. The molecule has 1 saturated heterocycles. The second kappa shape index (κ2) is 8.64. The predicted octanol–water partition coefficient (Wildman–Crippen LogP) is 2.58. The first-order valence-corrected chi connectivity index (χ1v) is 12.8. The number of sulfone groups is 1. The van der Waals surface area contributed by atoms with Crippen LogP contribution in [0, 0.1) is 0 Å². The van der Waals surface area contributed by atoms with Crippen molar-refractivity contribution in [1.82, 2.24) is 19.6 Å². The fourth-order valence-corrected chi connectivity index (χ4v) is 4.59. The van der Waals surface area contributed by atoms with Crippen molar-refractivity contribution in [2.24, 2.45) is 0 Å². The van der Waals surface area contributed by atoms with E-state index in [0.717, 1.165) is 23.3 Å². The van der Waals surface area contributed by atoms with Gasteiger partial charge in [0.15, 0.2) is 11.4 Å². The van der Waals surface area contributed by atoms with Crippen molar-refractivity contribution in [2.45, 2.75) is 19.4 Å². The fraction of sp³-hybridized carbons (Fsp3) is 0.409. The molecule has 0 radical (unpaired) electrons. The maximum atomic E-state index is 11.3. The Kier molecular flexibility index (Phi) is 5.67. The maximum Gasteiger partial charge on any atom is 0.231 e. The highest BCUT2D eigenvalue weighted by molar-refractivity contribution is 7.90. The number of nitrogens with zero attached hydrogens (tertiary/aromatic N) is 5. The van der Waals surface area contributed by atoms with E-state index in [1.54, 1.807) is 29.0 Å². The van der Waals surface area contributed by atoms with E-state index in [1.807, 2.05) is 12.1 Å². The number of anilines is 1. The standard InChI is InChI=1S/C22H25N5O5S/c1-15-14-30-10-8-26(15)22-16-12-19(32-18(16)6-7-23-22)17-13-24-20-4-5-21(25-27(17)20)31-9-3-11-33(2,28)29/h4-7,12-13,15H,3,8-11,14H2,1-2H3/t15-/m0/s1. The fourth-order valence-electron chi connectivity index (χ4n) is 3.95. The van der Waals surface area contributed by atoms with Gasteiger partial charge in [-0.2, -0.15) is 0 Å². The van der Waals surface area contributed by atoms with Crippen molar-refractivity contribution in [1.29, 1.82) is 0 Å². The van der Waals surface area contributed by atoms with E-state index in [4.69, 9.17) is 13.9 Å². The Morgan fingerprint density at radius 3 is 2.94 bits per heavy atom. The lowest BCUT2D eigenvalue weighted by atomic mass is 10.2. The summed E-state index contributed by atoms with van der Waals surface area (Å²) in [6.45, 7) is 4.47. The van der Waals surface area contributed by atoms with Gasteiger partial charge < -0.3 is 18.8 Å². The SMILES string of the molecule is C[C@H]1COCCN1c1nccc2oc(-c3cnc4ccc(OCCCS(C)(=O)=O)nn34)cc12. The monoisotopic (exact) mass is 471 g/mol. The van der Waals surface area contributed by atoms with Crippen molar-refractivity contribution in [3.05, 3.63) is 36.7 Å². The van der Waals surface area contributed by atoms with Gasteiger partial charge in [-0.05, 0) is 31.5 Å². The summed E-state index contributed by atoms with van der Waals surface area (Å²) in [6, 6.07) is 7.54.